The number of aromatic nitrogens is 1. The maximum absolute atomic E-state index is 5.87. The van der Waals surface area contributed by atoms with Gasteiger partial charge in [0.15, 0.2) is 11.6 Å². The van der Waals surface area contributed by atoms with E-state index in [1.807, 2.05) is 47.8 Å². The van der Waals surface area contributed by atoms with Gasteiger partial charge in [-0.3, -0.25) is 0 Å². The number of benzene rings is 1. The molecule has 0 saturated heterocycles. The monoisotopic (exact) mass is 242 g/mol. The molecule has 0 radical (unpaired) electrons. The van der Waals surface area contributed by atoms with Gasteiger partial charge in [-0.05, 0) is 11.4 Å². The first-order valence-corrected chi connectivity index (χ1v) is 6.08. The Bertz CT molecular complexity index is 614. The molecule has 0 spiro atoms. The highest BCUT2D eigenvalue weighted by Gasteiger charge is 2.17. The number of rotatable bonds is 2. The minimum absolute atomic E-state index is 0.436. The van der Waals surface area contributed by atoms with Crippen molar-refractivity contribution in [2.45, 2.75) is 0 Å². The lowest BCUT2D eigenvalue weighted by atomic mass is 10.1. The highest BCUT2D eigenvalue weighted by atomic mass is 32.1. The molecule has 3 nitrogen and oxygen atoms in total. The molecule has 17 heavy (non-hydrogen) atoms. The molecule has 0 saturated carbocycles. The smallest absolute Gasteiger partial charge is 0.177 e. The molecule has 0 fully saturated rings. The van der Waals surface area contributed by atoms with Crippen molar-refractivity contribution in [3.63, 3.8) is 0 Å². The van der Waals surface area contributed by atoms with Crippen LogP contribution >= 0.6 is 11.3 Å². The van der Waals surface area contributed by atoms with Gasteiger partial charge in [0.05, 0.1) is 5.56 Å². The Morgan fingerprint density at radius 2 is 1.88 bits per heavy atom. The standard InChI is InChI=1S/C13H10N2OS/c14-13-11(10-7-4-8-17-10)12(16-15-13)9-5-2-1-3-6-9/h1-8H,(H2,14,15). The number of nitrogens with two attached hydrogens (primary N) is 1. The summed E-state index contributed by atoms with van der Waals surface area (Å²) >= 11 is 1.62. The van der Waals surface area contributed by atoms with Crippen molar-refractivity contribution in [2.75, 3.05) is 5.73 Å². The zero-order chi connectivity index (χ0) is 11.7. The van der Waals surface area contributed by atoms with E-state index in [0.29, 0.717) is 5.82 Å². The summed E-state index contributed by atoms with van der Waals surface area (Å²) < 4.78 is 5.34. The normalized spacial score (nSPS) is 10.6. The van der Waals surface area contributed by atoms with E-state index in [1.54, 1.807) is 11.3 Å². The fourth-order valence-electron chi connectivity index (χ4n) is 1.75. The number of nitrogen functional groups attached to an aromatic ring is 1. The van der Waals surface area contributed by atoms with Crippen LogP contribution in [0.25, 0.3) is 21.8 Å². The second-order valence-corrected chi connectivity index (χ2v) is 4.56. The minimum Gasteiger partial charge on any atom is -0.380 e. The SMILES string of the molecule is Nc1noc(-c2ccccc2)c1-c1cccs1. The fraction of sp³-hybridized carbons (Fsp3) is 0. The van der Waals surface area contributed by atoms with E-state index in [1.165, 1.54) is 0 Å². The molecule has 2 heterocycles. The van der Waals surface area contributed by atoms with E-state index in [2.05, 4.69) is 5.16 Å². The number of thiophene rings is 1. The Kier molecular flexibility index (Phi) is 2.42. The van der Waals surface area contributed by atoms with Crippen LogP contribution in [0.1, 0.15) is 0 Å². The van der Waals surface area contributed by atoms with Gasteiger partial charge in [-0.2, -0.15) is 0 Å². The molecule has 2 aromatic heterocycles. The Hall–Kier alpha value is -2.07. The van der Waals surface area contributed by atoms with Crippen LogP contribution in [0.3, 0.4) is 0 Å². The fourth-order valence-corrected chi connectivity index (χ4v) is 2.52. The van der Waals surface area contributed by atoms with Crippen molar-refractivity contribution in [1.29, 1.82) is 0 Å². The molecule has 0 aliphatic heterocycles. The molecule has 0 amide bonds. The van der Waals surface area contributed by atoms with Crippen molar-refractivity contribution >= 4 is 17.2 Å². The molecule has 0 unspecified atom stereocenters. The van der Waals surface area contributed by atoms with E-state index in [9.17, 15) is 0 Å². The van der Waals surface area contributed by atoms with E-state index >= 15 is 0 Å². The van der Waals surface area contributed by atoms with Crippen LogP contribution in [0.4, 0.5) is 5.82 Å². The Balaban J connectivity index is 2.20. The van der Waals surface area contributed by atoms with Crippen molar-refractivity contribution in [1.82, 2.24) is 5.16 Å². The molecule has 0 aliphatic carbocycles. The van der Waals surface area contributed by atoms with Gasteiger partial charge in [-0.15, -0.1) is 11.3 Å². The Labute approximate surface area is 102 Å². The van der Waals surface area contributed by atoms with Gasteiger partial charge >= 0.3 is 0 Å². The lowest BCUT2D eigenvalue weighted by molar-refractivity contribution is 0.436. The summed E-state index contributed by atoms with van der Waals surface area (Å²) in [6.07, 6.45) is 0. The zero-order valence-corrected chi connectivity index (χ0v) is 9.78. The van der Waals surface area contributed by atoms with Crippen molar-refractivity contribution in [2.24, 2.45) is 0 Å². The van der Waals surface area contributed by atoms with Crippen LogP contribution in [0.5, 0.6) is 0 Å². The van der Waals surface area contributed by atoms with Gasteiger partial charge < -0.3 is 10.3 Å². The zero-order valence-electron chi connectivity index (χ0n) is 8.96. The molecule has 0 atom stereocenters. The maximum atomic E-state index is 5.87. The Morgan fingerprint density at radius 3 is 2.59 bits per heavy atom. The van der Waals surface area contributed by atoms with Crippen molar-refractivity contribution in [3.05, 3.63) is 47.8 Å². The van der Waals surface area contributed by atoms with E-state index in [-0.39, 0.29) is 0 Å². The molecule has 3 rings (SSSR count). The third-order valence-electron chi connectivity index (χ3n) is 2.52. The third-order valence-corrected chi connectivity index (χ3v) is 3.41. The van der Waals surface area contributed by atoms with Gasteiger partial charge in [0.1, 0.15) is 0 Å². The van der Waals surface area contributed by atoms with Crippen LogP contribution in [0, 0.1) is 0 Å². The first kappa shape index (κ1) is 10.1. The molecule has 0 bridgehead atoms. The molecule has 1 aromatic carbocycles. The maximum Gasteiger partial charge on any atom is 0.177 e. The second-order valence-electron chi connectivity index (χ2n) is 3.62. The van der Waals surface area contributed by atoms with Crippen LogP contribution in [-0.4, -0.2) is 5.16 Å². The minimum atomic E-state index is 0.436. The van der Waals surface area contributed by atoms with Gasteiger partial charge in [-0.1, -0.05) is 41.6 Å². The molecule has 0 aliphatic rings. The number of hydrogen-bond acceptors (Lipinski definition) is 4. The molecule has 2 N–H and O–H groups in total. The molecular formula is C13H10N2OS. The van der Waals surface area contributed by atoms with Crippen molar-refractivity contribution in [3.8, 4) is 21.8 Å². The summed E-state index contributed by atoms with van der Waals surface area (Å²) in [5, 5.41) is 5.87. The highest BCUT2D eigenvalue weighted by molar-refractivity contribution is 7.13. The third kappa shape index (κ3) is 1.72. The largest absolute Gasteiger partial charge is 0.380 e. The summed E-state index contributed by atoms with van der Waals surface area (Å²) in [4.78, 5) is 1.07. The number of anilines is 1. The summed E-state index contributed by atoms with van der Waals surface area (Å²) in [6.45, 7) is 0. The summed E-state index contributed by atoms with van der Waals surface area (Å²) in [5.41, 5.74) is 7.74. The molecular weight excluding hydrogens is 232 g/mol. The summed E-state index contributed by atoms with van der Waals surface area (Å²) in [5.74, 6) is 1.16. The number of hydrogen-bond donors (Lipinski definition) is 1. The van der Waals surface area contributed by atoms with Gasteiger partial charge in [0, 0.05) is 10.4 Å². The molecule has 84 valence electrons. The van der Waals surface area contributed by atoms with E-state index in [4.69, 9.17) is 10.3 Å². The van der Waals surface area contributed by atoms with Gasteiger partial charge in [-0.25, -0.2) is 0 Å². The van der Waals surface area contributed by atoms with Crippen molar-refractivity contribution < 1.29 is 4.52 Å². The molecule has 3 aromatic rings. The summed E-state index contributed by atoms with van der Waals surface area (Å²) in [7, 11) is 0. The first-order chi connectivity index (χ1) is 8.36. The topological polar surface area (TPSA) is 52.0 Å². The predicted molar refractivity (Wildman–Crippen MR) is 69.7 cm³/mol. The van der Waals surface area contributed by atoms with Crippen LogP contribution in [0.15, 0.2) is 52.4 Å². The summed E-state index contributed by atoms with van der Waals surface area (Å²) in [6, 6.07) is 13.9. The lowest BCUT2D eigenvalue weighted by Crippen LogP contribution is -1.86. The van der Waals surface area contributed by atoms with Crippen LogP contribution < -0.4 is 5.73 Å². The highest BCUT2D eigenvalue weighted by Crippen LogP contribution is 2.38. The van der Waals surface area contributed by atoms with Gasteiger partial charge in [0.25, 0.3) is 0 Å². The lowest BCUT2D eigenvalue weighted by Gasteiger charge is -1.99. The second kappa shape index (κ2) is 4.07. The van der Waals surface area contributed by atoms with Gasteiger partial charge in [0.2, 0.25) is 0 Å². The molecule has 4 heteroatoms. The Morgan fingerprint density at radius 1 is 1.06 bits per heavy atom. The quantitative estimate of drug-likeness (QED) is 0.746. The number of nitrogens with zero attached hydrogens (tertiary/aromatic N) is 1. The average Bonchev–Trinajstić information content (AvgIpc) is 2.99. The average molecular weight is 242 g/mol. The van der Waals surface area contributed by atoms with Crippen LogP contribution in [0.2, 0.25) is 0 Å². The van der Waals surface area contributed by atoms with Crippen LogP contribution in [-0.2, 0) is 0 Å². The first-order valence-electron chi connectivity index (χ1n) is 5.20. The van der Waals surface area contributed by atoms with E-state index < -0.39 is 0 Å². The van der Waals surface area contributed by atoms with E-state index in [0.717, 1.165) is 21.8 Å². The predicted octanol–water partition coefficient (Wildman–Crippen LogP) is 3.65.